The van der Waals surface area contributed by atoms with Gasteiger partial charge in [-0.2, -0.15) is 5.10 Å². The van der Waals surface area contributed by atoms with E-state index in [1.54, 1.807) is 22.9 Å². The zero-order valence-corrected chi connectivity index (χ0v) is 11.1. The molecule has 0 spiro atoms. The van der Waals surface area contributed by atoms with Crippen molar-refractivity contribution in [2.45, 2.75) is 12.5 Å². The number of fused-ring (bicyclic) bond motifs is 1. The van der Waals surface area contributed by atoms with Crippen molar-refractivity contribution in [3.63, 3.8) is 0 Å². The molecule has 0 aliphatic heterocycles. The lowest BCUT2D eigenvalue weighted by Crippen LogP contribution is -2.05. The van der Waals surface area contributed by atoms with Gasteiger partial charge in [-0.3, -0.25) is 4.68 Å². The molecule has 0 aliphatic carbocycles. The first-order chi connectivity index (χ1) is 9.66. The largest absolute Gasteiger partial charge is 0.388 e. The van der Waals surface area contributed by atoms with E-state index < -0.39 is 6.10 Å². The lowest BCUT2D eigenvalue weighted by atomic mass is 10.0. The van der Waals surface area contributed by atoms with Crippen molar-refractivity contribution < 1.29 is 9.50 Å². The van der Waals surface area contributed by atoms with Crippen LogP contribution in [0.1, 0.15) is 17.4 Å². The number of nitrogens with zero attached hydrogens (tertiary/aromatic N) is 2. The summed E-state index contributed by atoms with van der Waals surface area (Å²) in [5.74, 6) is -0.389. The average Bonchev–Trinajstić information content (AvgIpc) is 2.76. The summed E-state index contributed by atoms with van der Waals surface area (Å²) in [4.78, 5) is 0. The van der Waals surface area contributed by atoms with E-state index in [2.05, 4.69) is 5.10 Å². The van der Waals surface area contributed by atoms with Crippen LogP contribution in [0.15, 0.2) is 48.5 Å². The summed E-state index contributed by atoms with van der Waals surface area (Å²) in [5.41, 5.74) is 2.09. The van der Waals surface area contributed by atoms with E-state index in [9.17, 15) is 9.50 Å². The van der Waals surface area contributed by atoms with Gasteiger partial charge in [0, 0.05) is 24.4 Å². The molecule has 2 aromatic carbocycles. The number of halogens is 1. The van der Waals surface area contributed by atoms with Crippen molar-refractivity contribution in [3.8, 4) is 0 Å². The molecule has 102 valence electrons. The molecule has 3 nitrogen and oxygen atoms in total. The average molecular weight is 270 g/mol. The summed E-state index contributed by atoms with van der Waals surface area (Å²) in [6.07, 6.45) is -0.600. The van der Waals surface area contributed by atoms with Crippen LogP contribution in [0, 0.1) is 5.82 Å². The summed E-state index contributed by atoms with van der Waals surface area (Å²) in [5, 5.41) is 15.6. The zero-order valence-electron chi connectivity index (χ0n) is 11.1. The third-order valence-corrected chi connectivity index (χ3v) is 3.49. The molecule has 1 heterocycles. The number of aliphatic hydroxyl groups is 1. The van der Waals surface area contributed by atoms with Crippen molar-refractivity contribution in [2.24, 2.45) is 7.05 Å². The van der Waals surface area contributed by atoms with Crippen LogP contribution < -0.4 is 0 Å². The molecule has 1 atom stereocenters. The van der Waals surface area contributed by atoms with Crippen molar-refractivity contribution in [2.75, 3.05) is 0 Å². The van der Waals surface area contributed by atoms with E-state index >= 15 is 0 Å². The van der Waals surface area contributed by atoms with E-state index in [-0.39, 0.29) is 5.82 Å². The SMILES string of the molecule is Cn1nc(CC(O)c2ccccc2F)c2ccccc21. The monoisotopic (exact) mass is 270 g/mol. The van der Waals surface area contributed by atoms with E-state index in [0.29, 0.717) is 12.0 Å². The molecule has 1 N–H and O–H groups in total. The number of aromatic nitrogens is 2. The van der Waals surface area contributed by atoms with Gasteiger partial charge < -0.3 is 5.11 Å². The maximum absolute atomic E-state index is 13.7. The molecule has 20 heavy (non-hydrogen) atoms. The highest BCUT2D eigenvalue weighted by atomic mass is 19.1. The fourth-order valence-electron chi connectivity index (χ4n) is 2.48. The highest BCUT2D eigenvalue weighted by molar-refractivity contribution is 5.81. The van der Waals surface area contributed by atoms with Gasteiger partial charge in [0.15, 0.2) is 0 Å². The van der Waals surface area contributed by atoms with E-state index in [1.807, 2.05) is 31.3 Å². The molecular weight excluding hydrogens is 255 g/mol. The number of para-hydroxylation sites is 1. The number of hydrogen-bond acceptors (Lipinski definition) is 2. The molecule has 4 heteroatoms. The minimum atomic E-state index is -0.894. The molecule has 1 aromatic heterocycles. The van der Waals surface area contributed by atoms with Gasteiger partial charge in [-0.15, -0.1) is 0 Å². The third-order valence-electron chi connectivity index (χ3n) is 3.49. The van der Waals surface area contributed by atoms with Crippen LogP contribution in [-0.4, -0.2) is 14.9 Å². The predicted molar refractivity (Wildman–Crippen MR) is 75.8 cm³/mol. The minimum Gasteiger partial charge on any atom is -0.388 e. The Hall–Kier alpha value is -2.20. The highest BCUT2D eigenvalue weighted by Gasteiger charge is 2.16. The van der Waals surface area contributed by atoms with Crippen molar-refractivity contribution >= 4 is 10.9 Å². The third kappa shape index (κ3) is 2.18. The standard InChI is InChI=1S/C16H15FN2O/c1-19-15-9-5-3-7-12(15)14(18-19)10-16(20)11-6-2-4-8-13(11)17/h2-9,16,20H,10H2,1H3. The Balaban J connectivity index is 1.96. The first-order valence-corrected chi connectivity index (χ1v) is 6.50. The van der Waals surface area contributed by atoms with Crippen molar-refractivity contribution in [1.82, 2.24) is 9.78 Å². The van der Waals surface area contributed by atoms with Gasteiger partial charge in [-0.05, 0) is 12.1 Å². The Kier molecular flexibility index (Phi) is 3.24. The molecule has 3 aromatic rings. The van der Waals surface area contributed by atoms with Crippen LogP contribution in [0.25, 0.3) is 10.9 Å². The predicted octanol–water partition coefficient (Wildman–Crippen LogP) is 2.99. The molecule has 3 rings (SSSR count). The lowest BCUT2D eigenvalue weighted by molar-refractivity contribution is 0.172. The molecule has 0 radical (unpaired) electrons. The lowest BCUT2D eigenvalue weighted by Gasteiger charge is -2.10. The molecule has 0 bridgehead atoms. The smallest absolute Gasteiger partial charge is 0.129 e. The van der Waals surface area contributed by atoms with Gasteiger partial charge in [0.05, 0.1) is 17.3 Å². The maximum Gasteiger partial charge on any atom is 0.129 e. The second-order valence-electron chi connectivity index (χ2n) is 4.83. The summed E-state index contributed by atoms with van der Waals surface area (Å²) in [7, 11) is 1.86. The topological polar surface area (TPSA) is 38.0 Å². The number of hydrogen-bond donors (Lipinski definition) is 1. The van der Waals surface area contributed by atoms with Gasteiger partial charge in [0.1, 0.15) is 5.82 Å². The molecule has 1 unspecified atom stereocenters. The second kappa shape index (κ2) is 5.06. The Bertz CT molecular complexity index is 751. The van der Waals surface area contributed by atoms with Gasteiger partial charge >= 0.3 is 0 Å². The van der Waals surface area contributed by atoms with Gasteiger partial charge in [0.2, 0.25) is 0 Å². The van der Waals surface area contributed by atoms with Crippen LogP contribution in [0.3, 0.4) is 0 Å². The molecule has 0 aliphatic rings. The van der Waals surface area contributed by atoms with Crippen LogP contribution in [0.5, 0.6) is 0 Å². The van der Waals surface area contributed by atoms with Crippen LogP contribution in [-0.2, 0) is 13.5 Å². The van der Waals surface area contributed by atoms with E-state index in [1.165, 1.54) is 6.07 Å². The maximum atomic E-state index is 13.7. The summed E-state index contributed by atoms with van der Waals surface area (Å²) in [6, 6.07) is 14.1. The Morgan fingerprint density at radius 2 is 1.85 bits per heavy atom. The molecular formula is C16H15FN2O. The highest BCUT2D eigenvalue weighted by Crippen LogP contribution is 2.25. The summed E-state index contributed by atoms with van der Waals surface area (Å²) < 4.78 is 15.5. The molecule has 0 fully saturated rings. The molecule has 0 saturated carbocycles. The fraction of sp³-hybridized carbons (Fsp3) is 0.188. The normalized spacial score (nSPS) is 12.8. The second-order valence-corrected chi connectivity index (χ2v) is 4.83. The number of rotatable bonds is 3. The number of benzene rings is 2. The van der Waals surface area contributed by atoms with Gasteiger partial charge in [-0.25, -0.2) is 4.39 Å². The molecule has 0 amide bonds. The minimum absolute atomic E-state index is 0.294. The van der Waals surface area contributed by atoms with Crippen LogP contribution >= 0.6 is 0 Å². The quantitative estimate of drug-likeness (QED) is 0.794. The fourth-order valence-corrected chi connectivity index (χ4v) is 2.48. The van der Waals surface area contributed by atoms with Gasteiger partial charge in [0.25, 0.3) is 0 Å². The van der Waals surface area contributed by atoms with Gasteiger partial charge in [-0.1, -0.05) is 36.4 Å². The summed E-state index contributed by atoms with van der Waals surface area (Å²) >= 11 is 0. The Morgan fingerprint density at radius 3 is 2.65 bits per heavy atom. The van der Waals surface area contributed by atoms with Crippen molar-refractivity contribution in [1.29, 1.82) is 0 Å². The van der Waals surface area contributed by atoms with Crippen LogP contribution in [0.2, 0.25) is 0 Å². The first-order valence-electron chi connectivity index (χ1n) is 6.50. The van der Waals surface area contributed by atoms with E-state index in [0.717, 1.165) is 16.6 Å². The Morgan fingerprint density at radius 1 is 1.15 bits per heavy atom. The van der Waals surface area contributed by atoms with E-state index in [4.69, 9.17) is 0 Å². The summed E-state index contributed by atoms with van der Waals surface area (Å²) in [6.45, 7) is 0. The zero-order chi connectivity index (χ0) is 14.1. The number of aryl methyl sites for hydroxylation is 1. The Labute approximate surface area is 116 Å². The first kappa shape index (κ1) is 12.8. The molecule has 0 saturated heterocycles. The van der Waals surface area contributed by atoms with Crippen LogP contribution in [0.4, 0.5) is 4.39 Å². The van der Waals surface area contributed by atoms with Crippen molar-refractivity contribution in [3.05, 3.63) is 65.6 Å². The number of aliphatic hydroxyl groups excluding tert-OH is 1.